The van der Waals surface area contributed by atoms with E-state index in [2.05, 4.69) is 10.6 Å². The van der Waals surface area contributed by atoms with Crippen molar-refractivity contribution in [1.29, 1.82) is 5.26 Å². The molecule has 0 aliphatic rings. The minimum absolute atomic E-state index is 0.109. The van der Waals surface area contributed by atoms with Gasteiger partial charge in [-0.3, -0.25) is 4.79 Å². The molecule has 2 rings (SSSR count). The summed E-state index contributed by atoms with van der Waals surface area (Å²) in [5, 5.41) is 13.7. The van der Waals surface area contributed by atoms with Crippen molar-refractivity contribution in [3.63, 3.8) is 0 Å². The van der Waals surface area contributed by atoms with Gasteiger partial charge in [0.05, 0.1) is 23.9 Å². The molecular weight excluding hydrogens is 276 g/mol. The molecule has 0 aliphatic carbocycles. The fourth-order valence-corrected chi connectivity index (χ4v) is 1.63. The van der Waals surface area contributed by atoms with Crippen molar-refractivity contribution in [2.45, 2.75) is 0 Å². The average molecular weight is 287 g/mol. The summed E-state index contributed by atoms with van der Waals surface area (Å²) in [6.07, 6.45) is 0. The highest BCUT2D eigenvalue weighted by Gasteiger charge is 2.08. The van der Waals surface area contributed by atoms with Gasteiger partial charge in [0.2, 0.25) is 5.91 Å². The Morgan fingerprint density at radius 1 is 1.14 bits per heavy atom. The van der Waals surface area contributed by atoms with E-state index in [0.717, 1.165) is 18.2 Å². The van der Waals surface area contributed by atoms with E-state index >= 15 is 0 Å². The molecule has 6 heteroatoms. The Balaban J connectivity index is 1.92. The lowest BCUT2D eigenvalue weighted by atomic mass is 10.2. The molecule has 0 radical (unpaired) electrons. The second kappa shape index (κ2) is 6.48. The van der Waals surface area contributed by atoms with Crippen LogP contribution in [0.5, 0.6) is 0 Å². The van der Waals surface area contributed by atoms with E-state index in [-0.39, 0.29) is 12.2 Å². The predicted octanol–water partition coefficient (Wildman–Crippen LogP) is 2.89. The molecule has 4 nitrogen and oxygen atoms in total. The molecule has 0 aromatic heterocycles. The fraction of sp³-hybridized carbons (Fsp3) is 0.0667. The minimum atomic E-state index is -0.705. The molecule has 0 saturated carbocycles. The maximum Gasteiger partial charge on any atom is 0.243 e. The van der Waals surface area contributed by atoms with Crippen molar-refractivity contribution in [2.75, 3.05) is 17.2 Å². The summed E-state index contributed by atoms with van der Waals surface area (Å²) in [4.78, 5) is 11.7. The van der Waals surface area contributed by atoms with Gasteiger partial charge in [-0.2, -0.15) is 5.26 Å². The van der Waals surface area contributed by atoms with E-state index < -0.39 is 17.5 Å². The Morgan fingerprint density at radius 3 is 2.52 bits per heavy atom. The summed E-state index contributed by atoms with van der Waals surface area (Å²) >= 11 is 0. The van der Waals surface area contributed by atoms with Gasteiger partial charge in [-0.05, 0) is 36.4 Å². The zero-order chi connectivity index (χ0) is 15.2. The van der Waals surface area contributed by atoms with Gasteiger partial charge in [-0.1, -0.05) is 0 Å². The van der Waals surface area contributed by atoms with Crippen LogP contribution in [-0.2, 0) is 4.79 Å². The topological polar surface area (TPSA) is 64.9 Å². The average Bonchev–Trinajstić information content (AvgIpc) is 2.49. The molecule has 0 aliphatic heterocycles. The van der Waals surface area contributed by atoms with E-state index in [4.69, 9.17) is 5.26 Å². The molecule has 0 heterocycles. The lowest BCUT2D eigenvalue weighted by Crippen LogP contribution is -2.22. The van der Waals surface area contributed by atoms with E-state index in [1.165, 1.54) is 0 Å². The first-order valence-electron chi connectivity index (χ1n) is 6.07. The van der Waals surface area contributed by atoms with E-state index in [0.29, 0.717) is 11.3 Å². The minimum Gasteiger partial charge on any atom is -0.376 e. The van der Waals surface area contributed by atoms with E-state index in [1.54, 1.807) is 24.3 Å². The Kier molecular flexibility index (Phi) is 4.46. The van der Waals surface area contributed by atoms with Crippen LogP contribution in [0.3, 0.4) is 0 Å². The van der Waals surface area contributed by atoms with Gasteiger partial charge in [0, 0.05) is 11.8 Å². The van der Waals surface area contributed by atoms with Gasteiger partial charge in [0.1, 0.15) is 11.6 Å². The molecule has 0 saturated heterocycles. The number of carbonyl (C=O) groups is 1. The molecule has 2 aromatic carbocycles. The number of carbonyl (C=O) groups excluding carboxylic acids is 1. The van der Waals surface area contributed by atoms with Gasteiger partial charge >= 0.3 is 0 Å². The van der Waals surface area contributed by atoms with Gasteiger partial charge in [0.15, 0.2) is 0 Å². The second-order valence-corrected chi connectivity index (χ2v) is 4.22. The highest BCUT2D eigenvalue weighted by atomic mass is 19.1. The number of nitriles is 1. The lowest BCUT2D eigenvalue weighted by Gasteiger charge is -2.08. The predicted molar refractivity (Wildman–Crippen MR) is 74.6 cm³/mol. The third-order valence-electron chi connectivity index (χ3n) is 2.67. The molecule has 2 aromatic rings. The Labute approximate surface area is 120 Å². The molecule has 0 bridgehead atoms. The largest absolute Gasteiger partial charge is 0.376 e. The number of nitrogens with one attached hydrogen (secondary N) is 2. The van der Waals surface area contributed by atoms with E-state index in [1.807, 2.05) is 6.07 Å². The number of anilines is 2. The first-order valence-corrected chi connectivity index (χ1v) is 6.07. The number of benzene rings is 2. The number of hydrogen-bond donors (Lipinski definition) is 2. The molecule has 0 unspecified atom stereocenters. The number of amides is 1. The van der Waals surface area contributed by atoms with Crippen molar-refractivity contribution in [2.24, 2.45) is 0 Å². The van der Waals surface area contributed by atoms with Crippen LogP contribution in [0.2, 0.25) is 0 Å². The summed E-state index contributed by atoms with van der Waals surface area (Å²) in [5.74, 6) is -1.85. The number of halogens is 2. The molecule has 1 amide bonds. The lowest BCUT2D eigenvalue weighted by molar-refractivity contribution is -0.114. The highest BCUT2D eigenvalue weighted by Crippen LogP contribution is 2.15. The van der Waals surface area contributed by atoms with Crippen LogP contribution in [0.4, 0.5) is 20.2 Å². The Morgan fingerprint density at radius 2 is 1.86 bits per heavy atom. The SMILES string of the molecule is N#Cc1ccc(NCC(=O)Nc2cc(F)ccc2F)cc1. The number of hydrogen-bond acceptors (Lipinski definition) is 3. The zero-order valence-corrected chi connectivity index (χ0v) is 10.9. The summed E-state index contributed by atoms with van der Waals surface area (Å²) in [6.45, 7) is -0.109. The normalized spacial score (nSPS) is 9.76. The van der Waals surface area contributed by atoms with Gasteiger partial charge in [-0.15, -0.1) is 0 Å². The second-order valence-electron chi connectivity index (χ2n) is 4.22. The van der Waals surface area contributed by atoms with Crippen molar-refractivity contribution in [3.05, 3.63) is 59.7 Å². The number of nitrogens with zero attached hydrogens (tertiary/aromatic N) is 1. The molecular formula is C15H11F2N3O. The monoisotopic (exact) mass is 287 g/mol. The maximum absolute atomic E-state index is 13.3. The molecule has 106 valence electrons. The molecule has 21 heavy (non-hydrogen) atoms. The van der Waals surface area contributed by atoms with Crippen LogP contribution in [0.25, 0.3) is 0 Å². The quantitative estimate of drug-likeness (QED) is 0.908. The van der Waals surface area contributed by atoms with Crippen molar-refractivity contribution < 1.29 is 13.6 Å². The van der Waals surface area contributed by atoms with Crippen molar-refractivity contribution >= 4 is 17.3 Å². The van der Waals surface area contributed by atoms with Crippen LogP contribution in [0.15, 0.2) is 42.5 Å². The Hall–Kier alpha value is -2.94. The molecule has 0 fully saturated rings. The van der Waals surface area contributed by atoms with Crippen molar-refractivity contribution in [1.82, 2.24) is 0 Å². The standard InChI is InChI=1S/C15H11F2N3O/c16-11-3-6-13(17)14(7-11)20-15(21)9-19-12-4-1-10(8-18)2-5-12/h1-7,19H,9H2,(H,20,21). The van der Waals surface area contributed by atoms with Crippen LogP contribution in [0.1, 0.15) is 5.56 Å². The van der Waals surface area contributed by atoms with Crippen LogP contribution in [-0.4, -0.2) is 12.5 Å². The summed E-state index contributed by atoms with van der Waals surface area (Å²) in [7, 11) is 0. The summed E-state index contributed by atoms with van der Waals surface area (Å²) < 4.78 is 26.3. The first-order chi connectivity index (χ1) is 10.1. The molecule has 0 spiro atoms. The van der Waals surface area contributed by atoms with Crippen molar-refractivity contribution in [3.8, 4) is 6.07 Å². The van der Waals surface area contributed by atoms with Crippen LogP contribution in [0, 0.1) is 23.0 Å². The molecule has 0 atom stereocenters. The highest BCUT2D eigenvalue weighted by molar-refractivity contribution is 5.93. The van der Waals surface area contributed by atoms with Crippen LogP contribution < -0.4 is 10.6 Å². The first kappa shape index (κ1) is 14.5. The smallest absolute Gasteiger partial charge is 0.243 e. The summed E-state index contributed by atoms with van der Waals surface area (Å²) in [5.41, 5.74) is 0.942. The third kappa shape index (κ3) is 4.01. The Bertz CT molecular complexity index is 693. The van der Waals surface area contributed by atoms with E-state index in [9.17, 15) is 13.6 Å². The summed E-state index contributed by atoms with van der Waals surface area (Å²) in [6, 6.07) is 11.3. The van der Waals surface area contributed by atoms with Gasteiger partial charge in [0.25, 0.3) is 0 Å². The molecule has 2 N–H and O–H groups in total. The maximum atomic E-state index is 13.3. The van der Waals surface area contributed by atoms with Gasteiger partial charge < -0.3 is 10.6 Å². The fourth-order valence-electron chi connectivity index (χ4n) is 1.63. The van der Waals surface area contributed by atoms with Gasteiger partial charge in [-0.25, -0.2) is 8.78 Å². The third-order valence-corrected chi connectivity index (χ3v) is 2.67. The van der Waals surface area contributed by atoms with Crippen LogP contribution >= 0.6 is 0 Å². The number of rotatable bonds is 4. The zero-order valence-electron chi connectivity index (χ0n) is 10.9.